The third-order valence-corrected chi connectivity index (χ3v) is 4.41. The molecule has 0 spiro atoms. The minimum Gasteiger partial charge on any atom is -0.293 e. The molecule has 0 amide bonds. The highest BCUT2D eigenvalue weighted by atomic mass is 28.3. The van der Waals surface area contributed by atoms with Crippen molar-refractivity contribution in [3.05, 3.63) is 36.8 Å². The molecule has 0 saturated carbocycles. The van der Waals surface area contributed by atoms with Crippen molar-refractivity contribution < 1.29 is 14.6 Å². The van der Waals surface area contributed by atoms with E-state index in [1.54, 1.807) is 12.1 Å². The van der Waals surface area contributed by atoms with Gasteiger partial charge in [-0.2, -0.15) is 4.89 Å². The van der Waals surface area contributed by atoms with E-state index in [0.717, 1.165) is 0 Å². The lowest BCUT2D eigenvalue weighted by atomic mass is 10.2. The van der Waals surface area contributed by atoms with Crippen LogP contribution in [0.4, 0.5) is 0 Å². The molecule has 0 saturated heterocycles. The number of benzene rings is 1. The summed E-state index contributed by atoms with van der Waals surface area (Å²) < 4.78 is 0. The van der Waals surface area contributed by atoms with E-state index in [0.29, 0.717) is 18.6 Å². The van der Waals surface area contributed by atoms with Crippen molar-refractivity contribution in [2.24, 2.45) is 0 Å². The predicted octanol–water partition coefficient (Wildman–Crippen LogP) is 2.54. The molecule has 0 aliphatic rings. The molecule has 3 nitrogen and oxygen atoms in total. The quantitative estimate of drug-likeness (QED) is 0.349. The standard InChI is InChI=1S/C13H19O3Si/c1-5-10-15-16-13(14)11-6-8-12(9-7-11)17(2,3)4/h6-9H,1,5,10H2,2-4H3. The Morgan fingerprint density at radius 1 is 1.24 bits per heavy atom. The van der Waals surface area contributed by atoms with Gasteiger partial charge in [0, 0.05) is 0 Å². The van der Waals surface area contributed by atoms with E-state index in [1.807, 2.05) is 12.1 Å². The SMILES string of the molecule is [CH2]CCOOC(=O)c1ccc([Si](C)(C)C)cc1. The third kappa shape index (κ3) is 4.32. The summed E-state index contributed by atoms with van der Waals surface area (Å²) in [5, 5.41) is 1.31. The van der Waals surface area contributed by atoms with Gasteiger partial charge in [-0.25, -0.2) is 4.79 Å². The number of carbonyl (C=O) groups excluding carboxylic acids is 1. The zero-order valence-corrected chi connectivity index (χ0v) is 11.7. The molecule has 1 radical (unpaired) electrons. The van der Waals surface area contributed by atoms with Crippen molar-refractivity contribution >= 4 is 19.2 Å². The summed E-state index contributed by atoms with van der Waals surface area (Å²) in [6, 6.07) is 7.54. The molecule has 0 aromatic heterocycles. The Bertz CT molecular complexity index is 365. The van der Waals surface area contributed by atoms with Crippen molar-refractivity contribution in [3.63, 3.8) is 0 Å². The summed E-state index contributed by atoms with van der Waals surface area (Å²) in [6.07, 6.45) is 0.571. The van der Waals surface area contributed by atoms with E-state index in [1.165, 1.54) is 5.19 Å². The Hall–Kier alpha value is -1.13. The van der Waals surface area contributed by atoms with Gasteiger partial charge in [0.2, 0.25) is 0 Å². The summed E-state index contributed by atoms with van der Waals surface area (Å²) in [7, 11) is -1.31. The molecule has 1 aromatic rings. The Morgan fingerprint density at radius 2 is 1.82 bits per heavy atom. The fraction of sp³-hybridized carbons (Fsp3) is 0.385. The maximum Gasteiger partial charge on any atom is 0.373 e. The van der Waals surface area contributed by atoms with E-state index in [9.17, 15) is 4.79 Å². The molecule has 0 N–H and O–H groups in total. The molecule has 0 atom stereocenters. The van der Waals surface area contributed by atoms with Crippen LogP contribution in [0.25, 0.3) is 0 Å². The molecular weight excluding hydrogens is 232 g/mol. The van der Waals surface area contributed by atoms with Crippen LogP contribution >= 0.6 is 0 Å². The Kier molecular flexibility index (Phi) is 4.90. The summed E-state index contributed by atoms with van der Waals surface area (Å²) in [6.45, 7) is 10.7. The molecule has 1 aromatic carbocycles. The lowest BCUT2D eigenvalue weighted by molar-refractivity contribution is -0.239. The number of hydrogen-bond donors (Lipinski definition) is 0. The molecular formula is C13H19O3Si. The monoisotopic (exact) mass is 251 g/mol. The molecule has 17 heavy (non-hydrogen) atoms. The van der Waals surface area contributed by atoms with Crippen LogP contribution in [0.15, 0.2) is 24.3 Å². The Morgan fingerprint density at radius 3 is 2.29 bits per heavy atom. The van der Waals surface area contributed by atoms with Gasteiger partial charge < -0.3 is 0 Å². The van der Waals surface area contributed by atoms with Gasteiger partial charge in [0.15, 0.2) is 0 Å². The molecule has 0 unspecified atom stereocenters. The van der Waals surface area contributed by atoms with E-state index < -0.39 is 14.0 Å². The maximum absolute atomic E-state index is 11.5. The van der Waals surface area contributed by atoms with Gasteiger partial charge >= 0.3 is 5.97 Å². The second-order valence-electron chi connectivity index (χ2n) is 4.87. The van der Waals surface area contributed by atoms with Crippen molar-refractivity contribution in [1.82, 2.24) is 0 Å². The molecule has 0 fully saturated rings. The lowest BCUT2D eigenvalue weighted by Gasteiger charge is -2.16. The normalized spacial score (nSPS) is 11.3. The van der Waals surface area contributed by atoms with Crippen LogP contribution in [0, 0.1) is 6.92 Å². The van der Waals surface area contributed by atoms with Gasteiger partial charge in [-0.05, 0) is 18.6 Å². The van der Waals surface area contributed by atoms with Gasteiger partial charge in [0.25, 0.3) is 0 Å². The predicted molar refractivity (Wildman–Crippen MR) is 70.8 cm³/mol. The van der Waals surface area contributed by atoms with Crippen molar-refractivity contribution in [3.8, 4) is 0 Å². The molecule has 1 rings (SSSR count). The van der Waals surface area contributed by atoms with Gasteiger partial charge in [-0.1, -0.05) is 43.9 Å². The average Bonchev–Trinajstić information content (AvgIpc) is 2.28. The number of hydrogen-bond acceptors (Lipinski definition) is 3. The van der Waals surface area contributed by atoms with E-state index >= 15 is 0 Å². The first-order chi connectivity index (χ1) is 7.95. The highest BCUT2D eigenvalue weighted by molar-refractivity contribution is 6.88. The van der Waals surface area contributed by atoms with Crippen LogP contribution in [0.5, 0.6) is 0 Å². The van der Waals surface area contributed by atoms with Crippen LogP contribution < -0.4 is 5.19 Å². The summed E-state index contributed by atoms with van der Waals surface area (Å²) in [4.78, 5) is 20.8. The van der Waals surface area contributed by atoms with Gasteiger partial charge in [-0.3, -0.25) is 4.89 Å². The van der Waals surface area contributed by atoms with E-state index in [-0.39, 0.29) is 0 Å². The third-order valence-electron chi connectivity index (χ3n) is 2.35. The largest absolute Gasteiger partial charge is 0.373 e. The smallest absolute Gasteiger partial charge is 0.293 e. The summed E-state index contributed by atoms with van der Waals surface area (Å²) in [5.41, 5.74) is 0.510. The first-order valence-electron chi connectivity index (χ1n) is 5.68. The van der Waals surface area contributed by atoms with Crippen LogP contribution in [0.1, 0.15) is 16.8 Å². The number of rotatable bonds is 5. The van der Waals surface area contributed by atoms with Crippen LogP contribution in [0.3, 0.4) is 0 Å². The molecule has 4 heteroatoms. The first kappa shape index (κ1) is 13.9. The van der Waals surface area contributed by atoms with Crippen LogP contribution in [-0.2, 0) is 9.78 Å². The van der Waals surface area contributed by atoms with E-state index in [4.69, 9.17) is 4.89 Å². The highest BCUT2D eigenvalue weighted by Crippen LogP contribution is 2.06. The zero-order valence-electron chi connectivity index (χ0n) is 10.7. The fourth-order valence-corrected chi connectivity index (χ4v) is 2.48. The fourth-order valence-electron chi connectivity index (χ4n) is 1.31. The molecule has 0 heterocycles. The molecule has 0 aliphatic heterocycles. The summed E-state index contributed by atoms with van der Waals surface area (Å²) >= 11 is 0. The van der Waals surface area contributed by atoms with E-state index in [2.05, 4.69) is 31.5 Å². The van der Waals surface area contributed by atoms with Gasteiger partial charge in [0.05, 0.1) is 20.2 Å². The Labute approximate surface area is 104 Å². The van der Waals surface area contributed by atoms with Gasteiger partial charge in [0.1, 0.15) is 0 Å². The molecule has 0 aliphatic carbocycles. The van der Waals surface area contributed by atoms with Gasteiger partial charge in [-0.15, -0.1) is 0 Å². The second-order valence-corrected chi connectivity index (χ2v) is 9.95. The zero-order chi connectivity index (χ0) is 12.9. The first-order valence-corrected chi connectivity index (χ1v) is 9.18. The molecule has 0 bridgehead atoms. The van der Waals surface area contributed by atoms with Crippen molar-refractivity contribution in [2.45, 2.75) is 26.1 Å². The second kappa shape index (κ2) is 5.98. The highest BCUT2D eigenvalue weighted by Gasteiger charge is 2.17. The number of carbonyl (C=O) groups is 1. The minimum absolute atomic E-state index is 0.318. The van der Waals surface area contributed by atoms with Crippen LogP contribution in [-0.4, -0.2) is 20.7 Å². The molecule has 93 valence electrons. The average molecular weight is 251 g/mol. The topological polar surface area (TPSA) is 35.5 Å². The minimum atomic E-state index is -1.31. The van der Waals surface area contributed by atoms with Crippen molar-refractivity contribution in [1.29, 1.82) is 0 Å². The summed E-state index contributed by atoms with van der Waals surface area (Å²) in [5.74, 6) is -0.458. The lowest BCUT2D eigenvalue weighted by Crippen LogP contribution is -2.37. The van der Waals surface area contributed by atoms with Crippen molar-refractivity contribution in [2.75, 3.05) is 6.61 Å². The maximum atomic E-state index is 11.5. The van der Waals surface area contributed by atoms with Crippen LogP contribution in [0.2, 0.25) is 19.6 Å². The Balaban J connectivity index is 2.64.